The van der Waals surface area contributed by atoms with Crippen LogP contribution >= 0.6 is 0 Å². The molecule has 0 aromatic heterocycles. The molecule has 20 heavy (non-hydrogen) atoms. The highest BCUT2D eigenvalue weighted by Gasteiger charge is 2.24. The fraction of sp³-hybridized carbons (Fsp3) is 0.944. The number of nitrogens with one attached hydrogen (secondary N) is 1. The van der Waals surface area contributed by atoms with E-state index in [-0.39, 0.29) is 11.8 Å². The lowest BCUT2D eigenvalue weighted by Gasteiger charge is -2.26. The average Bonchev–Trinajstić information content (AvgIpc) is 2.42. The van der Waals surface area contributed by atoms with Gasteiger partial charge in [-0.3, -0.25) is 4.79 Å². The van der Waals surface area contributed by atoms with Gasteiger partial charge >= 0.3 is 0 Å². The van der Waals surface area contributed by atoms with Gasteiger partial charge in [-0.15, -0.1) is 0 Å². The molecule has 0 aromatic carbocycles. The first-order chi connectivity index (χ1) is 9.40. The first-order valence-electron chi connectivity index (χ1n) is 8.67. The Balaban J connectivity index is 3.95. The van der Waals surface area contributed by atoms with Gasteiger partial charge in [0.15, 0.2) is 0 Å². The molecule has 0 aliphatic rings. The summed E-state index contributed by atoms with van der Waals surface area (Å²) in [6, 6.07) is 0. The summed E-state index contributed by atoms with van der Waals surface area (Å²) in [5.74, 6) is 2.21. The Bertz CT molecular complexity index is 250. The molecule has 0 rings (SSSR count). The molecule has 2 heteroatoms. The van der Waals surface area contributed by atoms with Gasteiger partial charge in [0.1, 0.15) is 0 Å². The third-order valence-electron chi connectivity index (χ3n) is 4.63. The standard InChI is InChI=1S/C18H37NO/c1-7-8-9-10-13-19-18(20)17(6)16(5)15(4)12-11-14(2)3/h14-17H,7-13H2,1-6H3,(H,19,20). The first-order valence-corrected chi connectivity index (χ1v) is 8.67. The lowest BCUT2D eigenvalue weighted by Crippen LogP contribution is -2.35. The fourth-order valence-corrected chi connectivity index (χ4v) is 2.52. The zero-order valence-corrected chi connectivity index (χ0v) is 14.7. The normalized spacial score (nSPS) is 15.9. The molecule has 0 radical (unpaired) electrons. The second-order valence-electron chi connectivity index (χ2n) is 6.95. The van der Waals surface area contributed by atoms with Crippen molar-refractivity contribution in [3.05, 3.63) is 0 Å². The van der Waals surface area contributed by atoms with Crippen molar-refractivity contribution in [3.8, 4) is 0 Å². The lowest BCUT2D eigenvalue weighted by molar-refractivity contribution is -0.126. The molecule has 1 N–H and O–H groups in total. The monoisotopic (exact) mass is 283 g/mol. The Morgan fingerprint density at radius 1 is 0.950 bits per heavy atom. The van der Waals surface area contributed by atoms with E-state index in [1.54, 1.807) is 0 Å². The Hall–Kier alpha value is -0.530. The van der Waals surface area contributed by atoms with Crippen LogP contribution in [0.4, 0.5) is 0 Å². The smallest absolute Gasteiger partial charge is 0.223 e. The molecule has 3 atom stereocenters. The predicted octanol–water partition coefficient (Wildman–Crippen LogP) is 5.03. The molecule has 120 valence electrons. The molecule has 0 saturated carbocycles. The van der Waals surface area contributed by atoms with Gasteiger partial charge in [0.2, 0.25) is 5.91 Å². The van der Waals surface area contributed by atoms with Crippen molar-refractivity contribution < 1.29 is 4.79 Å². The summed E-state index contributed by atoms with van der Waals surface area (Å²) in [7, 11) is 0. The van der Waals surface area contributed by atoms with Gasteiger partial charge < -0.3 is 5.32 Å². The van der Waals surface area contributed by atoms with Crippen molar-refractivity contribution in [1.82, 2.24) is 5.32 Å². The summed E-state index contributed by atoms with van der Waals surface area (Å²) in [5.41, 5.74) is 0. The van der Waals surface area contributed by atoms with Gasteiger partial charge in [-0.25, -0.2) is 0 Å². The quantitative estimate of drug-likeness (QED) is 0.530. The van der Waals surface area contributed by atoms with Gasteiger partial charge in [-0.1, -0.05) is 73.6 Å². The highest BCUT2D eigenvalue weighted by atomic mass is 16.1. The van der Waals surface area contributed by atoms with Crippen molar-refractivity contribution in [2.75, 3.05) is 6.54 Å². The number of carbonyl (C=O) groups is 1. The number of amides is 1. The van der Waals surface area contributed by atoms with E-state index in [9.17, 15) is 4.79 Å². The number of hydrogen-bond acceptors (Lipinski definition) is 1. The second kappa shape index (κ2) is 11.2. The summed E-state index contributed by atoms with van der Waals surface area (Å²) < 4.78 is 0. The van der Waals surface area contributed by atoms with Gasteiger partial charge in [-0.2, -0.15) is 0 Å². The molecule has 0 bridgehead atoms. The third kappa shape index (κ3) is 8.60. The minimum atomic E-state index is 0.128. The molecule has 0 spiro atoms. The molecule has 0 aromatic rings. The number of carbonyl (C=O) groups excluding carboxylic acids is 1. The molecule has 3 unspecified atom stereocenters. The Morgan fingerprint density at radius 3 is 2.15 bits per heavy atom. The fourth-order valence-electron chi connectivity index (χ4n) is 2.52. The van der Waals surface area contributed by atoms with E-state index in [2.05, 4.69) is 46.9 Å². The zero-order chi connectivity index (χ0) is 15.5. The lowest BCUT2D eigenvalue weighted by atomic mass is 9.81. The van der Waals surface area contributed by atoms with Crippen LogP contribution in [-0.4, -0.2) is 12.5 Å². The minimum absolute atomic E-state index is 0.128. The summed E-state index contributed by atoms with van der Waals surface area (Å²) in [4.78, 5) is 12.1. The zero-order valence-electron chi connectivity index (χ0n) is 14.7. The highest BCUT2D eigenvalue weighted by molar-refractivity contribution is 5.78. The average molecular weight is 284 g/mol. The maximum absolute atomic E-state index is 12.1. The second-order valence-corrected chi connectivity index (χ2v) is 6.95. The topological polar surface area (TPSA) is 29.1 Å². The number of rotatable bonds is 11. The summed E-state index contributed by atoms with van der Waals surface area (Å²) in [6.07, 6.45) is 7.35. The summed E-state index contributed by atoms with van der Waals surface area (Å²) in [6.45, 7) is 14.2. The van der Waals surface area contributed by atoms with Gasteiger partial charge in [0.25, 0.3) is 0 Å². The number of hydrogen-bond donors (Lipinski definition) is 1. The Morgan fingerprint density at radius 2 is 1.60 bits per heavy atom. The predicted molar refractivity (Wildman–Crippen MR) is 88.7 cm³/mol. The van der Waals surface area contributed by atoms with Gasteiger partial charge in [-0.05, 0) is 24.2 Å². The summed E-state index contributed by atoms with van der Waals surface area (Å²) >= 11 is 0. The molecule has 2 nitrogen and oxygen atoms in total. The first kappa shape index (κ1) is 19.5. The SMILES string of the molecule is CCCCCCNC(=O)C(C)C(C)C(C)CCC(C)C. The molecule has 0 aliphatic carbocycles. The third-order valence-corrected chi connectivity index (χ3v) is 4.63. The Kier molecular flexibility index (Phi) is 10.9. The largest absolute Gasteiger partial charge is 0.356 e. The van der Waals surface area contributed by atoms with Crippen LogP contribution in [0.5, 0.6) is 0 Å². The Labute approximate surface area is 127 Å². The van der Waals surface area contributed by atoms with Crippen molar-refractivity contribution in [1.29, 1.82) is 0 Å². The van der Waals surface area contributed by atoms with Crippen LogP contribution < -0.4 is 5.32 Å². The van der Waals surface area contributed by atoms with Gasteiger partial charge in [0, 0.05) is 12.5 Å². The van der Waals surface area contributed by atoms with E-state index < -0.39 is 0 Å². The van der Waals surface area contributed by atoms with Crippen molar-refractivity contribution in [2.45, 2.75) is 80.1 Å². The van der Waals surface area contributed by atoms with Crippen LogP contribution in [0.1, 0.15) is 80.1 Å². The summed E-state index contributed by atoms with van der Waals surface area (Å²) in [5, 5.41) is 3.10. The van der Waals surface area contributed by atoms with Crippen LogP contribution in [0, 0.1) is 23.7 Å². The molecular formula is C18H37NO. The van der Waals surface area contributed by atoms with Crippen molar-refractivity contribution >= 4 is 5.91 Å². The van der Waals surface area contributed by atoms with Crippen LogP contribution in [0.15, 0.2) is 0 Å². The van der Waals surface area contributed by atoms with E-state index in [1.807, 2.05) is 0 Å². The molecule has 1 amide bonds. The molecule has 0 fully saturated rings. The van der Waals surface area contributed by atoms with E-state index in [4.69, 9.17) is 0 Å². The molecular weight excluding hydrogens is 246 g/mol. The van der Waals surface area contributed by atoms with Crippen molar-refractivity contribution in [3.63, 3.8) is 0 Å². The van der Waals surface area contributed by atoms with E-state index in [0.29, 0.717) is 11.8 Å². The van der Waals surface area contributed by atoms with Crippen LogP contribution in [-0.2, 0) is 4.79 Å². The van der Waals surface area contributed by atoms with Crippen LogP contribution in [0.25, 0.3) is 0 Å². The van der Waals surface area contributed by atoms with E-state index >= 15 is 0 Å². The highest BCUT2D eigenvalue weighted by Crippen LogP contribution is 2.26. The molecule has 0 heterocycles. The minimum Gasteiger partial charge on any atom is -0.356 e. The maximum atomic E-state index is 12.1. The number of unbranched alkanes of at least 4 members (excludes halogenated alkanes) is 3. The van der Waals surface area contributed by atoms with E-state index in [1.165, 1.54) is 32.1 Å². The molecule has 0 aliphatic heterocycles. The molecule has 0 saturated heterocycles. The van der Waals surface area contributed by atoms with Crippen LogP contribution in [0.3, 0.4) is 0 Å². The van der Waals surface area contributed by atoms with Crippen LogP contribution in [0.2, 0.25) is 0 Å². The van der Waals surface area contributed by atoms with Crippen molar-refractivity contribution in [2.24, 2.45) is 23.7 Å². The maximum Gasteiger partial charge on any atom is 0.223 e. The van der Waals surface area contributed by atoms with E-state index in [0.717, 1.165) is 18.9 Å². The van der Waals surface area contributed by atoms with Gasteiger partial charge in [0.05, 0.1) is 0 Å².